The van der Waals surface area contributed by atoms with Crippen molar-refractivity contribution >= 4 is 5.96 Å². The molecular formula is C18H23N7O. The van der Waals surface area contributed by atoms with Crippen LogP contribution in [0.25, 0.3) is 5.69 Å². The number of benzene rings is 1. The molecule has 2 heterocycles. The smallest absolute Gasteiger partial charge is 0.191 e. The van der Waals surface area contributed by atoms with Crippen molar-refractivity contribution in [1.82, 2.24) is 30.6 Å². The predicted molar refractivity (Wildman–Crippen MR) is 99.0 cm³/mol. The first-order valence-corrected chi connectivity index (χ1v) is 8.49. The van der Waals surface area contributed by atoms with Crippen LogP contribution in [0.4, 0.5) is 0 Å². The molecule has 136 valence electrons. The minimum Gasteiger partial charge on any atom is -0.359 e. The molecule has 0 aliphatic rings. The van der Waals surface area contributed by atoms with E-state index in [9.17, 15) is 0 Å². The fourth-order valence-electron chi connectivity index (χ4n) is 2.37. The number of aromatic nitrogens is 4. The molecule has 0 fully saturated rings. The lowest BCUT2D eigenvalue weighted by Crippen LogP contribution is -2.36. The predicted octanol–water partition coefficient (Wildman–Crippen LogP) is 2.24. The first kappa shape index (κ1) is 17.7. The SMILES string of the molecule is CN=C(NCc1ccc(-n2cncn2)cc1)NCc1cc(C(C)C)no1. The molecule has 0 unspecified atom stereocenters. The molecule has 0 saturated heterocycles. The third-order valence-electron chi connectivity index (χ3n) is 3.90. The minimum atomic E-state index is 0.352. The molecule has 1 aromatic carbocycles. The van der Waals surface area contributed by atoms with Crippen LogP contribution >= 0.6 is 0 Å². The van der Waals surface area contributed by atoms with Gasteiger partial charge in [0, 0.05) is 19.7 Å². The van der Waals surface area contributed by atoms with Gasteiger partial charge in [0.1, 0.15) is 12.7 Å². The molecule has 0 amide bonds. The zero-order valence-electron chi connectivity index (χ0n) is 15.2. The molecule has 0 spiro atoms. The van der Waals surface area contributed by atoms with Crippen LogP contribution < -0.4 is 10.6 Å². The van der Waals surface area contributed by atoms with Gasteiger partial charge in [-0.2, -0.15) is 5.10 Å². The Balaban J connectivity index is 1.50. The Labute approximate surface area is 152 Å². The maximum Gasteiger partial charge on any atom is 0.191 e. The fourth-order valence-corrected chi connectivity index (χ4v) is 2.37. The van der Waals surface area contributed by atoms with E-state index in [-0.39, 0.29) is 0 Å². The van der Waals surface area contributed by atoms with Crippen LogP contribution in [0.5, 0.6) is 0 Å². The number of guanidine groups is 1. The number of hydrogen-bond donors (Lipinski definition) is 2. The molecule has 3 rings (SSSR count). The van der Waals surface area contributed by atoms with Gasteiger partial charge in [0.25, 0.3) is 0 Å². The highest BCUT2D eigenvalue weighted by molar-refractivity contribution is 5.79. The van der Waals surface area contributed by atoms with E-state index < -0.39 is 0 Å². The van der Waals surface area contributed by atoms with Crippen LogP contribution in [-0.2, 0) is 13.1 Å². The average Bonchev–Trinajstić information content (AvgIpc) is 3.34. The van der Waals surface area contributed by atoms with Crippen molar-refractivity contribution in [2.24, 2.45) is 4.99 Å². The van der Waals surface area contributed by atoms with E-state index in [0.29, 0.717) is 25.0 Å². The van der Waals surface area contributed by atoms with E-state index in [1.54, 1.807) is 18.1 Å². The molecule has 2 N–H and O–H groups in total. The van der Waals surface area contributed by atoms with Crippen molar-refractivity contribution < 1.29 is 4.52 Å². The Kier molecular flexibility index (Phi) is 5.62. The Morgan fingerprint density at radius 1 is 1.19 bits per heavy atom. The largest absolute Gasteiger partial charge is 0.359 e. The molecule has 0 aliphatic carbocycles. The third kappa shape index (κ3) is 4.47. The standard InChI is InChI=1S/C18H23N7O/c1-13(2)17-8-16(26-24-17)10-22-18(19-3)21-9-14-4-6-15(7-5-14)25-12-20-11-23-25/h4-8,11-13H,9-10H2,1-3H3,(H2,19,21,22). The summed E-state index contributed by atoms with van der Waals surface area (Å²) < 4.78 is 7.05. The van der Waals surface area contributed by atoms with E-state index in [4.69, 9.17) is 4.52 Å². The van der Waals surface area contributed by atoms with Crippen LogP contribution in [0.3, 0.4) is 0 Å². The Morgan fingerprint density at radius 3 is 2.58 bits per heavy atom. The Hall–Kier alpha value is -3.16. The minimum absolute atomic E-state index is 0.352. The quantitative estimate of drug-likeness (QED) is 0.521. The van der Waals surface area contributed by atoms with Gasteiger partial charge in [0.2, 0.25) is 0 Å². The second-order valence-corrected chi connectivity index (χ2v) is 6.16. The van der Waals surface area contributed by atoms with Gasteiger partial charge in [-0.05, 0) is 23.6 Å². The number of aliphatic imine (C=N–C) groups is 1. The van der Waals surface area contributed by atoms with Crippen molar-refractivity contribution in [3.05, 3.63) is 60.0 Å². The zero-order valence-corrected chi connectivity index (χ0v) is 15.2. The number of hydrogen-bond acceptors (Lipinski definition) is 5. The summed E-state index contributed by atoms with van der Waals surface area (Å²) >= 11 is 0. The Morgan fingerprint density at radius 2 is 1.96 bits per heavy atom. The van der Waals surface area contributed by atoms with Gasteiger partial charge in [0.05, 0.1) is 17.9 Å². The van der Waals surface area contributed by atoms with E-state index in [2.05, 4.69) is 44.7 Å². The summed E-state index contributed by atoms with van der Waals surface area (Å²) in [6, 6.07) is 10.1. The van der Waals surface area contributed by atoms with Crippen molar-refractivity contribution in [3.8, 4) is 5.69 Å². The number of nitrogens with one attached hydrogen (secondary N) is 2. The topological polar surface area (TPSA) is 93.2 Å². The molecule has 3 aromatic rings. The average molecular weight is 353 g/mol. The lowest BCUT2D eigenvalue weighted by atomic mass is 10.1. The summed E-state index contributed by atoms with van der Waals surface area (Å²) in [6.45, 7) is 5.36. The summed E-state index contributed by atoms with van der Waals surface area (Å²) in [4.78, 5) is 8.18. The van der Waals surface area contributed by atoms with Crippen molar-refractivity contribution in [1.29, 1.82) is 0 Å². The van der Waals surface area contributed by atoms with Crippen molar-refractivity contribution in [2.75, 3.05) is 7.05 Å². The third-order valence-corrected chi connectivity index (χ3v) is 3.90. The van der Waals surface area contributed by atoms with Crippen LogP contribution in [0.15, 0.2) is 52.5 Å². The summed E-state index contributed by atoms with van der Waals surface area (Å²) in [6.07, 6.45) is 3.19. The molecule has 0 atom stereocenters. The van der Waals surface area contributed by atoms with Gasteiger partial charge in [-0.3, -0.25) is 4.99 Å². The lowest BCUT2D eigenvalue weighted by molar-refractivity contribution is 0.372. The first-order valence-electron chi connectivity index (χ1n) is 8.49. The molecule has 8 heteroatoms. The molecule has 8 nitrogen and oxygen atoms in total. The van der Waals surface area contributed by atoms with Gasteiger partial charge in [0.15, 0.2) is 11.7 Å². The zero-order chi connectivity index (χ0) is 18.4. The summed E-state index contributed by atoms with van der Waals surface area (Å²) in [5.41, 5.74) is 3.07. The fraction of sp³-hybridized carbons (Fsp3) is 0.333. The monoisotopic (exact) mass is 353 g/mol. The highest BCUT2D eigenvalue weighted by atomic mass is 16.5. The van der Waals surface area contributed by atoms with Gasteiger partial charge in [-0.1, -0.05) is 31.1 Å². The summed E-state index contributed by atoms with van der Waals surface area (Å²) in [5, 5.41) is 14.7. The second-order valence-electron chi connectivity index (χ2n) is 6.16. The van der Waals surface area contributed by atoms with Gasteiger partial charge in [-0.15, -0.1) is 0 Å². The van der Waals surface area contributed by atoms with Gasteiger partial charge < -0.3 is 15.2 Å². The molecule has 0 radical (unpaired) electrons. The maximum atomic E-state index is 5.32. The maximum absolute atomic E-state index is 5.32. The first-order chi connectivity index (χ1) is 12.7. The number of nitrogens with zero attached hydrogens (tertiary/aromatic N) is 5. The highest BCUT2D eigenvalue weighted by Crippen LogP contribution is 2.13. The van der Waals surface area contributed by atoms with Crippen molar-refractivity contribution in [3.63, 3.8) is 0 Å². The lowest BCUT2D eigenvalue weighted by Gasteiger charge is -2.11. The molecule has 0 aliphatic heterocycles. The van der Waals surface area contributed by atoms with Crippen LogP contribution in [0, 0.1) is 0 Å². The van der Waals surface area contributed by atoms with Crippen LogP contribution in [-0.4, -0.2) is 32.9 Å². The number of rotatable bonds is 6. The molecule has 0 bridgehead atoms. The van der Waals surface area contributed by atoms with Gasteiger partial charge >= 0.3 is 0 Å². The van der Waals surface area contributed by atoms with E-state index in [0.717, 1.165) is 22.7 Å². The normalized spacial score (nSPS) is 11.8. The molecule has 26 heavy (non-hydrogen) atoms. The van der Waals surface area contributed by atoms with Gasteiger partial charge in [-0.25, -0.2) is 9.67 Å². The summed E-state index contributed by atoms with van der Waals surface area (Å²) in [7, 11) is 1.74. The van der Waals surface area contributed by atoms with Crippen LogP contribution in [0.2, 0.25) is 0 Å². The van der Waals surface area contributed by atoms with E-state index in [1.165, 1.54) is 6.33 Å². The second kappa shape index (κ2) is 8.28. The molecule has 2 aromatic heterocycles. The van der Waals surface area contributed by atoms with Crippen LogP contribution in [0.1, 0.15) is 36.8 Å². The summed E-state index contributed by atoms with van der Waals surface area (Å²) in [5.74, 6) is 1.84. The van der Waals surface area contributed by atoms with Crippen molar-refractivity contribution in [2.45, 2.75) is 32.9 Å². The van der Waals surface area contributed by atoms with E-state index in [1.807, 2.05) is 30.3 Å². The molecular weight excluding hydrogens is 330 g/mol. The highest BCUT2D eigenvalue weighted by Gasteiger charge is 2.08. The molecule has 0 saturated carbocycles. The Bertz CT molecular complexity index is 835. The van der Waals surface area contributed by atoms with E-state index >= 15 is 0 Å².